The van der Waals surface area contributed by atoms with Gasteiger partial charge < -0.3 is 29.8 Å². The first-order chi connectivity index (χ1) is 20.7. The predicted molar refractivity (Wildman–Crippen MR) is 170 cm³/mol. The van der Waals surface area contributed by atoms with E-state index in [1.165, 1.54) is 22.9 Å². The fourth-order valence-electron chi connectivity index (χ4n) is 9.56. The van der Waals surface area contributed by atoms with Crippen LogP contribution in [0.2, 0.25) is 0 Å². The summed E-state index contributed by atoms with van der Waals surface area (Å²) in [5, 5.41) is 16.0. The van der Waals surface area contributed by atoms with E-state index in [-0.39, 0.29) is 11.4 Å². The number of likely N-dealkylation sites (tertiary alicyclic amines) is 1. The maximum Gasteiger partial charge on any atom is 0.236 e. The van der Waals surface area contributed by atoms with Crippen LogP contribution in [0, 0.1) is 11.8 Å². The van der Waals surface area contributed by atoms with Crippen molar-refractivity contribution in [3.05, 3.63) is 47.5 Å². The number of H-pyrrole nitrogens is 1. The summed E-state index contributed by atoms with van der Waals surface area (Å²) in [7, 11) is 3.33. The maximum absolute atomic E-state index is 13.3. The Labute approximate surface area is 255 Å². The van der Waals surface area contributed by atoms with Crippen molar-refractivity contribution >= 4 is 16.8 Å². The third kappa shape index (κ3) is 5.22. The van der Waals surface area contributed by atoms with E-state index in [0.717, 1.165) is 86.3 Å². The Morgan fingerprint density at radius 1 is 1.02 bits per heavy atom. The van der Waals surface area contributed by atoms with Crippen LogP contribution >= 0.6 is 0 Å². The Bertz CT molecular complexity index is 1500. The van der Waals surface area contributed by atoms with Gasteiger partial charge in [0.25, 0.3) is 0 Å². The number of aliphatic hydroxyl groups is 1. The van der Waals surface area contributed by atoms with Crippen molar-refractivity contribution in [3.63, 3.8) is 0 Å². The molecule has 2 atom stereocenters. The van der Waals surface area contributed by atoms with E-state index in [2.05, 4.69) is 53.3 Å². The number of aromatic amines is 1. The number of hydrogen-bond donors (Lipinski definition) is 3. The Hall–Kier alpha value is -3.03. The van der Waals surface area contributed by atoms with Crippen molar-refractivity contribution in [1.29, 1.82) is 0 Å². The number of benzene rings is 2. The van der Waals surface area contributed by atoms with E-state index in [9.17, 15) is 9.90 Å². The molecule has 3 aromatic rings. The quantitative estimate of drug-likeness (QED) is 0.287. The molecule has 230 valence electrons. The number of fused-ring (bicyclic) bond motifs is 1. The molecule has 1 amide bonds. The fourth-order valence-corrected chi connectivity index (χ4v) is 9.56. The van der Waals surface area contributed by atoms with Gasteiger partial charge in [-0.15, -0.1) is 0 Å². The second kappa shape index (κ2) is 10.8. The summed E-state index contributed by atoms with van der Waals surface area (Å²) in [6, 6.07) is 13.0. The largest absolute Gasteiger partial charge is 0.493 e. The molecule has 2 aromatic carbocycles. The van der Waals surface area contributed by atoms with Gasteiger partial charge in [0, 0.05) is 35.1 Å². The van der Waals surface area contributed by atoms with Crippen molar-refractivity contribution < 1.29 is 19.4 Å². The average molecular weight is 586 g/mol. The third-order valence-electron chi connectivity index (χ3n) is 11.1. The molecule has 0 radical (unpaired) electrons. The van der Waals surface area contributed by atoms with Crippen LogP contribution in [0.4, 0.5) is 0 Å². The van der Waals surface area contributed by atoms with Crippen LogP contribution in [0.15, 0.2) is 36.4 Å². The van der Waals surface area contributed by atoms with Gasteiger partial charge in [-0.05, 0) is 116 Å². The molecule has 1 aliphatic heterocycles. The summed E-state index contributed by atoms with van der Waals surface area (Å²) in [6.07, 6.45) is 8.20. The van der Waals surface area contributed by atoms with Gasteiger partial charge >= 0.3 is 0 Å². The van der Waals surface area contributed by atoms with Crippen molar-refractivity contribution in [2.75, 3.05) is 33.9 Å². The normalized spacial score (nSPS) is 28.7. The first-order valence-corrected chi connectivity index (χ1v) is 16.3. The molecule has 1 aromatic heterocycles. The molecule has 0 spiro atoms. The van der Waals surface area contributed by atoms with E-state index in [4.69, 9.17) is 9.47 Å². The van der Waals surface area contributed by atoms with Gasteiger partial charge in [-0.25, -0.2) is 0 Å². The van der Waals surface area contributed by atoms with Crippen LogP contribution in [-0.4, -0.2) is 65.9 Å². The van der Waals surface area contributed by atoms with E-state index in [0.29, 0.717) is 30.2 Å². The summed E-state index contributed by atoms with van der Waals surface area (Å²) in [5.41, 5.74) is 5.49. The number of methoxy groups -OCH3 is 2. The molecule has 1 saturated heterocycles. The highest BCUT2D eigenvalue weighted by molar-refractivity contribution is 5.92. The minimum absolute atomic E-state index is 0.0390. The predicted octanol–water partition coefficient (Wildman–Crippen LogP) is 6.35. The highest BCUT2D eigenvalue weighted by atomic mass is 16.5. The average Bonchev–Trinajstić information content (AvgIpc) is 3.37. The number of piperidine rings is 1. The number of carbonyl (C=O) groups is 1. The Kier molecular flexibility index (Phi) is 7.25. The first kappa shape index (κ1) is 28.7. The Morgan fingerprint density at radius 2 is 1.74 bits per heavy atom. The van der Waals surface area contributed by atoms with Crippen LogP contribution in [0.25, 0.3) is 22.2 Å². The molecule has 7 heteroatoms. The Balaban J connectivity index is 1.03. The molecule has 5 aliphatic rings. The molecular formula is C36H47N3O4. The number of rotatable bonds is 8. The molecule has 3 N–H and O–H groups in total. The fraction of sp³-hybridized carbons (Fsp3) is 0.583. The molecule has 43 heavy (non-hydrogen) atoms. The highest BCUT2D eigenvalue weighted by Gasteiger charge is 2.57. The summed E-state index contributed by atoms with van der Waals surface area (Å²) >= 11 is 0. The summed E-state index contributed by atoms with van der Waals surface area (Å²) < 4.78 is 11.1. The molecule has 4 bridgehead atoms. The van der Waals surface area contributed by atoms with Gasteiger partial charge in [0.05, 0.1) is 32.1 Å². The van der Waals surface area contributed by atoms with Crippen LogP contribution in [-0.2, 0) is 4.79 Å². The monoisotopic (exact) mass is 585 g/mol. The van der Waals surface area contributed by atoms with Gasteiger partial charge in [-0.2, -0.15) is 0 Å². The van der Waals surface area contributed by atoms with E-state index in [1.807, 2.05) is 12.1 Å². The van der Waals surface area contributed by atoms with Crippen LogP contribution in [0.5, 0.6) is 11.5 Å². The van der Waals surface area contributed by atoms with Crippen LogP contribution < -0.4 is 14.8 Å². The van der Waals surface area contributed by atoms with Crippen molar-refractivity contribution in [1.82, 2.24) is 15.2 Å². The molecule has 4 aliphatic carbocycles. The number of carbonyl (C=O) groups excluding carboxylic acids is 1. The minimum Gasteiger partial charge on any atom is -0.493 e. The lowest BCUT2D eigenvalue weighted by Gasteiger charge is -2.60. The lowest BCUT2D eigenvalue weighted by atomic mass is 9.51. The van der Waals surface area contributed by atoms with Gasteiger partial charge in [-0.3, -0.25) is 4.79 Å². The molecule has 8 rings (SSSR count). The number of aromatic nitrogens is 1. The van der Waals surface area contributed by atoms with E-state index < -0.39 is 5.60 Å². The number of nitrogens with one attached hydrogen (secondary N) is 2. The van der Waals surface area contributed by atoms with E-state index >= 15 is 0 Å². The molecule has 2 heterocycles. The summed E-state index contributed by atoms with van der Waals surface area (Å²) in [5.74, 6) is 3.68. The van der Waals surface area contributed by atoms with Gasteiger partial charge in [-0.1, -0.05) is 19.9 Å². The van der Waals surface area contributed by atoms with Crippen molar-refractivity contribution in [2.45, 2.75) is 88.2 Å². The molecule has 4 saturated carbocycles. The SMILES string of the molecule is COc1ccc(-c2[nH]c3ccc(C4CCN(C(=O)CNC56CC7CC(CC(O)(C7)C5)C6)CC4)cc3c2C(C)C)cc1OC. The molecule has 2 unspecified atom stereocenters. The zero-order valence-corrected chi connectivity index (χ0v) is 26.2. The zero-order valence-electron chi connectivity index (χ0n) is 26.2. The number of hydrogen-bond acceptors (Lipinski definition) is 5. The molecule has 7 nitrogen and oxygen atoms in total. The molecule has 5 fully saturated rings. The van der Waals surface area contributed by atoms with Gasteiger partial charge in [0.1, 0.15) is 0 Å². The smallest absolute Gasteiger partial charge is 0.236 e. The third-order valence-corrected chi connectivity index (χ3v) is 11.1. The zero-order chi connectivity index (χ0) is 29.9. The van der Waals surface area contributed by atoms with Crippen LogP contribution in [0.1, 0.15) is 88.2 Å². The van der Waals surface area contributed by atoms with Gasteiger partial charge in [0.2, 0.25) is 5.91 Å². The van der Waals surface area contributed by atoms with Crippen molar-refractivity contribution in [3.8, 4) is 22.8 Å². The lowest BCUT2D eigenvalue weighted by molar-refractivity contribution is -0.147. The number of amides is 1. The van der Waals surface area contributed by atoms with Crippen molar-refractivity contribution in [2.24, 2.45) is 11.8 Å². The lowest BCUT2D eigenvalue weighted by Crippen LogP contribution is -2.65. The minimum atomic E-state index is -0.503. The maximum atomic E-state index is 13.3. The second-order valence-electron chi connectivity index (χ2n) is 14.4. The highest BCUT2D eigenvalue weighted by Crippen LogP contribution is 2.57. The van der Waals surface area contributed by atoms with Crippen LogP contribution in [0.3, 0.4) is 0 Å². The number of nitrogens with zero attached hydrogens (tertiary/aromatic N) is 1. The Morgan fingerprint density at radius 3 is 2.40 bits per heavy atom. The number of ether oxygens (including phenoxy) is 2. The second-order valence-corrected chi connectivity index (χ2v) is 14.4. The van der Waals surface area contributed by atoms with Gasteiger partial charge in [0.15, 0.2) is 11.5 Å². The topological polar surface area (TPSA) is 86.8 Å². The standard InChI is InChI=1S/C36H47N3O4/c1-22(2)33-28-14-26(5-7-29(28)38-34(33)27-6-8-30(42-3)31(15-27)43-4)25-9-11-39(12-10-25)32(40)20-37-35-16-23-13-24(17-35)19-36(41,18-23)21-35/h5-8,14-15,22-25,37-38,41H,9-13,16-21H2,1-4H3. The van der Waals surface area contributed by atoms with E-state index in [1.54, 1.807) is 14.2 Å². The summed E-state index contributed by atoms with van der Waals surface area (Å²) in [4.78, 5) is 19.1. The first-order valence-electron chi connectivity index (χ1n) is 16.3. The molecular weight excluding hydrogens is 538 g/mol. The summed E-state index contributed by atoms with van der Waals surface area (Å²) in [6.45, 7) is 6.49.